The number of hydrogen-bond acceptors (Lipinski definition) is 2. The summed E-state index contributed by atoms with van der Waals surface area (Å²) in [6.45, 7) is 0. The third-order valence-electron chi connectivity index (χ3n) is 8.40. The third-order valence-corrected chi connectivity index (χ3v) is 8.40. The standard InChI is InChI=1S/C37H22N2/c38-23-24-19-20-39-36(21-24)26-15-13-25(14-16-26)27-17-18-31-30-9-3-6-12-34(30)37(35(31)22-27)32-10-4-1-7-28(32)29-8-2-5-11-33(29)37/h1-22H. The SMILES string of the molecule is N#Cc1ccnc(-c2ccc(-c3ccc4c(c3)C3(c5ccccc5-c5ccccc53)c3ccccc3-4)cc2)c1. The van der Waals surface area contributed by atoms with E-state index >= 15 is 0 Å². The van der Waals surface area contributed by atoms with E-state index in [2.05, 4.69) is 126 Å². The van der Waals surface area contributed by atoms with Crippen molar-refractivity contribution >= 4 is 0 Å². The third kappa shape index (κ3) is 2.93. The minimum Gasteiger partial charge on any atom is -0.256 e. The van der Waals surface area contributed by atoms with Crippen LogP contribution in [0.25, 0.3) is 44.6 Å². The van der Waals surface area contributed by atoms with Gasteiger partial charge in [0.1, 0.15) is 0 Å². The van der Waals surface area contributed by atoms with Gasteiger partial charge in [0.15, 0.2) is 0 Å². The van der Waals surface area contributed by atoms with E-state index in [1.54, 1.807) is 12.3 Å². The van der Waals surface area contributed by atoms with Crippen LogP contribution in [0, 0.1) is 11.3 Å². The van der Waals surface area contributed by atoms with Crippen molar-refractivity contribution in [1.82, 2.24) is 4.98 Å². The molecule has 1 heterocycles. The van der Waals surface area contributed by atoms with Crippen LogP contribution in [0.3, 0.4) is 0 Å². The summed E-state index contributed by atoms with van der Waals surface area (Å²) in [6.07, 6.45) is 1.69. The van der Waals surface area contributed by atoms with Gasteiger partial charge in [0.05, 0.1) is 22.7 Å². The highest BCUT2D eigenvalue weighted by Crippen LogP contribution is 2.62. The highest BCUT2D eigenvalue weighted by molar-refractivity contribution is 5.95. The van der Waals surface area contributed by atoms with Crippen molar-refractivity contribution in [2.75, 3.05) is 0 Å². The van der Waals surface area contributed by atoms with Gasteiger partial charge in [-0.25, -0.2) is 0 Å². The Labute approximate surface area is 227 Å². The molecule has 2 nitrogen and oxygen atoms in total. The number of nitrogens with zero attached hydrogens (tertiary/aromatic N) is 2. The monoisotopic (exact) mass is 494 g/mol. The first kappa shape index (κ1) is 21.8. The number of aromatic nitrogens is 1. The van der Waals surface area contributed by atoms with Crippen LogP contribution in [0.5, 0.6) is 0 Å². The van der Waals surface area contributed by atoms with Crippen molar-refractivity contribution in [2.24, 2.45) is 0 Å². The van der Waals surface area contributed by atoms with Gasteiger partial charge in [0, 0.05) is 11.8 Å². The average Bonchev–Trinajstić information content (AvgIpc) is 3.48. The van der Waals surface area contributed by atoms with E-state index in [1.165, 1.54) is 50.1 Å². The quantitative estimate of drug-likeness (QED) is 0.241. The molecule has 0 unspecified atom stereocenters. The van der Waals surface area contributed by atoms with E-state index in [1.807, 2.05) is 6.07 Å². The van der Waals surface area contributed by atoms with Crippen LogP contribution in [-0.2, 0) is 5.41 Å². The predicted molar refractivity (Wildman–Crippen MR) is 156 cm³/mol. The normalized spacial score (nSPS) is 13.3. The Morgan fingerprint density at radius 2 is 1.00 bits per heavy atom. The molecular weight excluding hydrogens is 472 g/mol. The lowest BCUT2D eigenvalue weighted by Crippen LogP contribution is -2.25. The largest absolute Gasteiger partial charge is 0.256 e. The lowest BCUT2D eigenvalue weighted by molar-refractivity contribution is 0.794. The number of pyridine rings is 1. The number of nitriles is 1. The Morgan fingerprint density at radius 3 is 1.59 bits per heavy atom. The molecule has 0 amide bonds. The van der Waals surface area contributed by atoms with Crippen molar-refractivity contribution in [3.05, 3.63) is 161 Å². The lowest BCUT2D eigenvalue weighted by atomic mass is 9.70. The molecule has 5 aromatic carbocycles. The molecule has 6 aromatic rings. The van der Waals surface area contributed by atoms with Gasteiger partial charge in [-0.05, 0) is 73.8 Å². The number of benzene rings is 5. The highest BCUT2D eigenvalue weighted by atomic mass is 14.7. The second kappa shape index (κ2) is 8.12. The Morgan fingerprint density at radius 1 is 0.487 bits per heavy atom. The molecule has 0 saturated carbocycles. The molecule has 2 aliphatic rings. The maximum atomic E-state index is 9.28. The van der Waals surface area contributed by atoms with Crippen molar-refractivity contribution in [1.29, 1.82) is 5.26 Å². The van der Waals surface area contributed by atoms with E-state index in [-0.39, 0.29) is 5.41 Å². The minimum atomic E-state index is -0.337. The molecule has 0 fully saturated rings. The summed E-state index contributed by atoms with van der Waals surface area (Å²) in [7, 11) is 0. The molecule has 2 heteroatoms. The van der Waals surface area contributed by atoms with E-state index < -0.39 is 0 Å². The van der Waals surface area contributed by atoms with E-state index in [4.69, 9.17) is 0 Å². The molecule has 0 aliphatic heterocycles. The Bertz CT molecular complexity index is 1910. The number of hydrogen-bond donors (Lipinski definition) is 0. The zero-order valence-corrected chi connectivity index (χ0v) is 21.1. The first-order valence-corrected chi connectivity index (χ1v) is 13.2. The summed E-state index contributed by atoms with van der Waals surface area (Å²) in [6, 6.07) is 47.9. The van der Waals surface area contributed by atoms with E-state index in [0.29, 0.717) is 5.56 Å². The molecule has 39 heavy (non-hydrogen) atoms. The Kier molecular flexibility index (Phi) is 4.54. The van der Waals surface area contributed by atoms with Crippen LogP contribution in [0.4, 0.5) is 0 Å². The van der Waals surface area contributed by atoms with Crippen LogP contribution in [0.2, 0.25) is 0 Å². The summed E-state index contributed by atoms with van der Waals surface area (Å²) < 4.78 is 0. The fourth-order valence-corrected chi connectivity index (χ4v) is 6.77. The molecule has 1 aromatic heterocycles. The molecular formula is C37H22N2. The molecule has 180 valence electrons. The predicted octanol–water partition coefficient (Wildman–Crippen LogP) is 8.63. The van der Waals surface area contributed by atoms with Gasteiger partial charge in [-0.1, -0.05) is 109 Å². The van der Waals surface area contributed by atoms with Gasteiger partial charge >= 0.3 is 0 Å². The fourth-order valence-electron chi connectivity index (χ4n) is 6.77. The molecule has 1 spiro atoms. The van der Waals surface area contributed by atoms with Gasteiger partial charge in [-0.2, -0.15) is 5.26 Å². The highest BCUT2D eigenvalue weighted by Gasteiger charge is 2.51. The molecule has 8 rings (SSSR count). The van der Waals surface area contributed by atoms with Crippen molar-refractivity contribution < 1.29 is 0 Å². The van der Waals surface area contributed by atoms with Crippen LogP contribution in [0.1, 0.15) is 27.8 Å². The lowest BCUT2D eigenvalue weighted by Gasteiger charge is -2.30. The van der Waals surface area contributed by atoms with Gasteiger partial charge < -0.3 is 0 Å². The summed E-state index contributed by atoms with van der Waals surface area (Å²) in [4.78, 5) is 4.47. The van der Waals surface area contributed by atoms with Crippen molar-refractivity contribution in [2.45, 2.75) is 5.41 Å². The second-order valence-corrected chi connectivity index (χ2v) is 10.3. The van der Waals surface area contributed by atoms with E-state index in [9.17, 15) is 5.26 Å². The zero-order valence-electron chi connectivity index (χ0n) is 21.1. The second-order valence-electron chi connectivity index (χ2n) is 10.3. The van der Waals surface area contributed by atoms with Crippen molar-refractivity contribution in [3.8, 4) is 50.7 Å². The topological polar surface area (TPSA) is 36.7 Å². The van der Waals surface area contributed by atoms with Crippen LogP contribution >= 0.6 is 0 Å². The van der Waals surface area contributed by atoms with Crippen molar-refractivity contribution in [3.63, 3.8) is 0 Å². The van der Waals surface area contributed by atoms with Crippen LogP contribution in [0.15, 0.2) is 134 Å². The van der Waals surface area contributed by atoms with E-state index in [0.717, 1.165) is 16.8 Å². The molecule has 0 N–H and O–H groups in total. The molecule has 0 bridgehead atoms. The Hall–Kier alpha value is -5.26. The summed E-state index contributed by atoms with van der Waals surface area (Å²) in [5, 5.41) is 9.28. The molecule has 2 aliphatic carbocycles. The van der Waals surface area contributed by atoms with Gasteiger partial charge in [-0.15, -0.1) is 0 Å². The van der Waals surface area contributed by atoms with Gasteiger partial charge in [0.25, 0.3) is 0 Å². The number of rotatable bonds is 2. The molecule has 0 atom stereocenters. The first-order chi connectivity index (χ1) is 19.3. The van der Waals surface area contributed by atoms with Gasteiger partial charge in [-0.3, -0.25) is 4.98 Å². The summed E-state index contributed by atoms with van der Waals surface area (Å²) in [5.41, 5.74) is 15.1. The first-order valence-electron chi connectivity index (χ1n) is 13.2. The van der Waals surface area contributed by atoms with Crippen LogP contribution in [-0.4, -0.2) is 4.98 Å². The maximum Gasteiger partial charge on any atom is 0.0992 e. The minimum absolute atomic E-state index is 0.337. The molecule has 0 saturated heterocycles. The maximum absolute atomic E-state index is 9.28. The van der Waals surface area contributed by atoms with Gasteiger partial charge in [0.2, 0.25) is 0 Å². The average molecular weight is 495 g/mol. The molecule has 0 radical (unpaired) electrons. The number of fused-ring (bicyclic) bond motifs is 10. The fraction of sp³-hybridized carbons (Fsp3) is 0.0270. The zero-order chi connectivity index (χ0) is 26.0. The Balaban J connectivity index is 1.33. The van der Waals surface area contributed by atoms with Crippen LogP contribution < -0.4 is 0 Å². The summed E-state index contributed by atoms with van der Waals surface area (Å²) in [5.74, 6) is 0. The summed E-state index contributed by atoms with van der Waals surface area (Å²) >= 11 is 0. The smallest absolute Gasteiger partial charge is 0.0992 e.